The second-order valence-electron chi connectivity index (χ2n) is 8.00. The molecule has 1 heterocycles. The monoisotopic (exact) mass is 382 g/mol. The van der Waals surface area contributed by atoms with Crippen molar-refractivity contribution in [3.05, 3.63) is 84.7 Å². The lowest BCUT2D eigenvalue weighted by molar-refractivity contribution is 0.139. The van der Waals surface area contributed by atoms with Crippen LogP contribution in [0.4, 0.5) is 0 Å². The van der Waals surface area contributed by atoms with E-state index in [9.17, 15) is 0 Å². The first-order valence-electron chi connectivity index (χ1n) is 10.6. The Bertz CT molecular complexity index is 1110. The molecule has 4 aromatic rings. The maximum absolute atomic E-state index is 6.28. The van der Waals surface area contributed by atoms with E-state index in [0.717, 1.165) is 43.4 Å². The van der Waals surface area contributed by atoms with Crippen LogP contribution >= 0.6 is 0 Å². The lowest BCUT2D eigenvalue weighted by Crippen LogP contribution is -2.36. The standard InChI is InChI=1S/C26H26N2O/c1-2-7-26-19(4-1)5-3-6-22(26)18-28-23-9-12-24(13-10-23)29-25-11-8-21-17-27-15-14-20(21)16-25/h1-8,11,14-17,23-24,28H,9-10,12-13,18H2. The maximum Gasteiger partial charge on any atom is 0.120 e. The topological polar surface area (TPSA) is 34.1 Å². The first kappa shape index (κ1) is 18.1. The Morgan fingerprint density at radius 2 is 1.69 bits per heavy atom. The zero-order valence-electron chi connectivity index (χ0n) is 16.6. The molecule has 3 nitrogen and oxygen atoms in total. The normalized spacial score (nSPS) is 19.4. The van der Waals surface area contributed by atoms with E-state index in [1.54, 1.807) is 0 Å². The van der Waals surface area contributed by atoms with Crippen molar-refractivity contribution in [2.45, 2.75) is 44.4 Å². The molecule has 0 radical (unpaired) electrons. The molecule has 1 aliphatic carbocycles. The Labute approximate surface area is 171 Å². The zero-order chi connectivity index (χ0) is 19.5. The van der Waals surface area contributed by atoms with Crippen LogP contribution in [0.15, 0.2) is 79.1 Å². The van der Waals surface area contributed by atoms with Gasteiger partial charge in [0.25, 0.3) is 0 Å². The summed E-state index contributed by atoms with van der Waals surface area (Å²) in [5.41, 5.74) is 1.38. The molecule has 0 atom stereocenters. The number of hydrogen-bond acceptors (Lipinski definition) is 3. The van der Waals surface area contributed by atoms with Gasteiger partial charge in [-0.25, -0.2) is 0 Å². The summed E-state index contributed by atoms with van der Waals surface area (Å²) in [6.45, 7) is 0.927. The second kappa shape index (κ2) is 8.22. The fourth-order valence-corrected chi connectivity index (χ4v) is 4.41. The van der Waals surface area contributed by atoms with Gasteiger partial charge in [-0.15, -0.1) is 0 Å². The van der Waals surface area contributed by atoms with Crippen molar-refractivity contribution < 1.29 is 4.74 Å². The van der Waals surface area contributed by atoms with Gasteiger partial charge in [0.15, 0.2) is 0 Å². The summed E-state index contributed by atoms with van der Waals surface area (Å²) in [7, 11) is 0. The number of benzene rings is 3. The summed E-state index contributed by atoms with van der Waals surface area (Å²) in [6, 6.07) is 24.1. The van der Waals surface area contributed by atoms with Crippen molar-refractivity contribution in [3.8, 4) is 5.75 Å². The highest BCUT2D eigenvalue weighted by atomic mass is 16.5. The Morgan fingerprint density at radius 1 is 0.828 bits per heavy atom. The van der Waals surface area contributed by atoms with Gasteiger partial charge in [0, 0.05) is 30.4 Å². The smallest absolute Gasteiger partial charge is 0.120 e. The molecule has 3 heteroatoms. The molecule has 146 valence electrons. The maximum atomic E-state index is 6.28. The lowest BCUT2D eigenvalue weighted by Gasteiger charge is -2.30. The first-order valence-corrected chi connectivity index (χ1v) is 10.6. The number of hydrogen-bond donors (Lipinski definition) is 1. The number of ether oxygens (including phenoxy) is 1. The molecule has 0 bridgehead atoms. The predicted molar refractivity (Wildman–Crippen MR) is 119 cm³/mol. The van der Waals surface area contributed by atoms with Gasteiger partial charge in [0.05, 0.1) is 6.10 Å². The molecule has 1 aromatic heterocycles. The number of pyridine rings is 1. The van der Waals surface area contributed by atoms with Gasteiger partial charge in [0.1, 0.15) is 5.75 Å². The van der Waals surface area contributed by atoms with E-state index in [2.05, 4.69) is 71.0 Å². The molecule has 1 N–H and O–H groups in total. The van der Waals surface area contributed by atoms with Gasteiger partial charge in [0.2, 0.25) is 0 Å². The Morgan fingerprint density at radius 3 is 2.62 bits per heavy atom. The van der Waals surface area contributed by atoms with Crippen LogP contribution in [0.2, 0.25) is 0 Å². The fourth-order valence-electron chi connectivity index (χ4n) is 4.41. The molecular formula is C26H26N2O. The van der Waals surface area contributed by atoms with Crippen LogP contribution in [0.5, 0.6) is 5.75 Å². The number of nitrogens with one attached hydrogen (secondary N) is 1. The van der Waals surface area contributed by atoms with Crippen LogP contribution in [0.3, 0.4) is 0 Å². The molecule has 0 aliphatic heterocycles. The number of rotatable bonds is 5. The highest BCUT2D eigenvalue weighted by molar-refractivity contribution is 5.85. The summed E-state index contributed by atoms with van der Waals surface area (Å²) in [5.74, 6) is 0.968. The van der Waals surface area contributed by atoms with E-state index < -0.39 is 0 Å². The Balaban J connectivity index is 1.16. The molecule has 1 saturated carbocycles. The van der Waals surface area contributed by atoms with Crippen LogP contribution in [-0.2, 0) is 6.54 Å². The lowest BCUT2D eigenvalue weighted by atomic mass is 9.92. The minimum absolute atomic E-state index is 0.310. The summed E-state index contributed by atoms with van der Waals surface area (Å²) < 4.78 is 6.28. The summed E-state index contributed by atoms with van der Waals surface area (Å²) in [4.78, 5) is 4.17. The quantitative estimate of drug-likeness (QED) is 0.469. The van der Waals surface area contributed by atoms with Gasteiger partial charge in [-0.2, -0.15) is 0 Å². The summed E-state index contributed by atoms with van der Waals surface area (Å²) >= 11 is 0. The van der Waals surface area contributed by atoms with Crippen LogP contribution < -0.4 is 10.1 Å². The van der Waals surface area contributed by atoms with Crippen molar-refractivity contribution >= 4 is 21.5 Å². The molecule has 1 aliphatic rings. The molecule has 0 amide bonds. The largest absolute Gasteiger partial charge is 0.490 e. The third-order valence-electron chi connectivity index (χ3n) is 6.05. The average Bonchev–Trinajstić information content (AvgIpc) is 2.78. The molecule has 1 fully saturated rings. The fraction of sp³-hybridized carbons (Fsp3) is 0.269. The SMILES string of the molecule is c1ccc2c(CNC3CCC(Oc4ccc5cnccc5c4)CC3)cccc2c1. The molecule has 3 aromatic carbocycles. The van der Waals surface area contributed by atoms with Gasteiger partial charge in [-0.05, 0) is 71.7 Å². The van der Waals surface area contributed by atoms with Gasteiger partial charge in [-0.1, -0.05) is 42.5 Å². The molecule has 0 spiro atoms. The van der Waals surface area contributed by atoms with E-state index in [-0.39, 0.29) is 0 Å². The van der Waals surface area contributed by atoms with Crippen molar-refractivity contribution in [2.24, 2.45) is 0 Å². The van der Waals surface area contributed by atoms with E-state index in [4.69, 9.17) is 4.74 Å². The number of nitrogens with zero attached hydrogens (tertiary/aromatic N) is 1. The van der Waals surface area contributed by atoms with Crippen molar-refractivity contribution in [3.63, 3.8) is 0 Å². The highest BCUT2D eigenvalue weighted by Gasteiger charge is 2.22. The van der Waals surface area contributed by atoms with Crippen LogP contribution in [-0.4, -0.2) is 17.1 Å². The minimum Gasteiger partial charge on any atom is -0.490 e. The number of fused-ring (bicyclic) bond motifs is 2. The van der Waals surface area contributed by atoms with Crippen LogP contribution in [0.1, 0.15) is 31.2 Å². The molecule has 0 saturated heterocycles. The van der Waals surface area contributed by atoms with Crippen molar-refractivity contribution in [2.75, 3.05) is 0 Å². The van der Waals surface area contributed by atoms with Crippen LogP contribution in [0, 0.1) is 0 Å². The van der Waals surface area contributed by atoms with E-state index in [1.807, 2.05) is 18.5 Å². The molecule has 29 heavy (non-hydrogen) atoms. The second-order valence-corrected chi connectivity index (χ2v) is 8.00. The average molecular weight is 383 g/mol. The van der Waals surface area contributed by atoms with Gasteiger partial charge >= 0.3 is 0 Å². The van der Waals surface area contributed by atoms with Gasteiger partial charge in [-0.3, -0.25) is 4.98 Å². The van der Waals surface area contributed by atoms with E-state index in [0.29, 0.717) is 12.1 Å². The summed E-state index contributed by atoms with van der Waals surface area (Å²) in [6.07, 6.45) is 8.55. The van der Waals surface area contributed by atoms with E-state index in [1.165, 1.54) is 21.7 Å². The highest BCUT2D eigenvalue weighted by Crippen LogP contribution is 2.27. The summed E-state index contributed by atoms with van der Waals surface area (Å²) in [5, 5.41) is 8.78. The molecule has 0 unspecified atom stereocenters. The molecular weight excluding hydrogens is 356 g/mol. The molecule has 5 rings (SSSR count). The first-order chi connectivity index (χ1) is 14.3. The van der Waals surface area contributed by atoms with Crippen LogP contribution in [0.25, 0.3) is 21.5 Å². The van der Waals surface area contributed by atoms with E-state index >= 15 is 0 Å². The Kier molecular flexibility index (Phi) is 5.14. The number of aromatic nitrogens is 1. The third kappa shape index (κ3) is 4.10. The van der Waals surface area contributed by atoms with Crippen molar-refractivity contribution in [1.29, 1.82) is 0 Å². The van der Waals surface area contributed by atoms with Crippen molar-refractivity contribution in [1.82, 2.24) is 10.3 Å². The predicted octanol–water partition coefficient (Wildman–Crippen LogP) is 5.87. The Hall–Kier alpha value is -2.91. The third-order valence-corrected chi connectivity index (χ3v) is 6.05. The minimum atomic E-state index is 0.310. The van der Waals surface area contributed by atoms with Gasteiger partial charge < -0.3 is 10.1 Å². The zero-order valence-corrected chi connectivity index (χ0v) is 16.6.